The summed E-state index contributed by atoms with van der Waals surface area (Å²) in [6.07, 6.45) is 7.55. The molecule has 1 saturated heterocycles. The third-order valence-corrected chi connectivity index (χ3v) is 4.65. The molecule has 0 bridgehead atoms. The number of aryl methyl sites for hydroxylation is 1. The van der Waals surface area contributed by atoms with Crippen molar-refractivity contribution >= 4 is 5.91 Å². The van der Waals surface area contributed by atoms with Gasteiger partial charge in [0, 0.05) is 25.1 Å². The summed E-state index contributed by atoms with van der Waals surface area (Å²) < 4.78 is 10.9. The predicted octanol–water partition coefficient (Wildman–Crippen LogP) is 3.86. The Morgan fingerprint density at radius 2 is 1.88 bits per heavy atom. The van der Waals surface area contributed by atoms with E-state index in [0.29, 0.717) is 17.5 Å². The van der Waals surface area contributed by atoms with E-state index in [1.165, 1.54) is 12.8 Å². The lowest BCUT2D eigenvalue weighted by Crippen LogP contribution is -2.35. The highest BCUT2D eigenvalue weighted by atomic mass is 16.5. The molecule has 2 heterocycles. The Bertz CT molecular complexity index is 689. The van der Waals surface area contributed by atoms with Crippen LogP contribution in [0.2, 0.25) is 0 Å². The summed E-state index contributed by atoms with van der Waals surface area (Å²) in [6, 6.07) is 7.46. The Labute approximate surface area is 154 Å². The number of hydrogen-bond donors (Lipinski definition) is 0. The molecule has 0 saturated carbocycles. The van der Waals surface area contributed by atoms with Crippen molar-refractivity contribution in [1.82, 2.24) is 15.0 Å². The molecule has 1 aliphatic rings. The molecule has 0 atom stereocenters. The summed E-state index contributed by atoms with van der Waals surface area (Å²) in [7, 11) is 0. The van der Waals surface area contributed by atoms with E-state index in [4.69, 9.17) is 9.26 Å². The van der Waals surface area contributed by atoms with Crippen LogP contribution in [0.5, 0.6) is 5.75 Å². The smallest absolute Gasteiger partial charge is 0.260 e. The maximum absolute atomic E-state index is 12.3. The molecule has 0 aliphatic carbocycles. The molecule has 6 heteroatoms. The van der Waals surface area contributed by atoms with E-state index >= 15 is 0 Å². The molecule has 1 aliphatic heterocycles. The summed E-state index contributed by atoms with van der Waals surface area (Å²) in [5.74, 6) is 2.00. The predicted molar refractivity (Wildman–Crippen MR) is 98.9 cm³/mol. The lowest BCUT2D eigenvalue weighted by Gasteiger charge is -2.20. The average Bonchev–Trinajstić information content (AvgIpc) is 2.97. The van der Waals surface area contributed by atoms with Crippen LogP contribution in [0.1, 0.15) is 51.3 Å². The van der Waals surface area contributed by atoms with Gasteiger partial charge < -0.3 is 14.2 Å². The van der Waals surface area contributed by atoms with Crippen LogP contribution in [0.3, 0.4) is 0 Å². The zero-order valence-electron chi connectivity index (χ0n) is 15.4. The maximum Gasteiger partial charge on any atom is 0.260 e. The first-order valence-corrected chi connectivity index (χ1v) is 9.60. The van der Waals surface area contributed by atoms with E-state index < -0.39 is 0 Å². The van der Waals surface area contributed by atoms with Crippen molar-refractivity contribution in [3.05, 3.63) is 30.2 Å². The van der Waals surface area contributed by atoms with Crippen LogP contribution in [-0.2, 0) is 11.2 Å². The molecule has 140 valence electrons. The summed E-state index contributed by atoms with van der Waals surface area (Å²) in [4.78, 5) is 18.6. The second-order valence-electron chi connectivity index (χ2n) is 6.72. The first kappa shape index (κ1) is 18.4. The molecule has 0 unspecified atom stereocenters. The number of nitrogens with zero attached hydrogens (tertiary/aromatic N) is 3. The molecule has 2 aromatic rings. The largest absolute Gasteiger partial charge is 0.484 e. The molecule has 3 rings (SSSR count). The van der Waals surface area contributed by atoms with Crippen molar-refractivity contribution in [1.29, 1.82) is 0 Å². The molecule has 1 aromatic carbocycles. The Morgan fingerprint density at radius 1 is 1.15 bits per heavy atom. The monoisotopic (exact) mass is 357 g/mol. The first-order valence-electron chi connectivity index (χ1n) is 9.60. The lowest BCUT2D eigenvalue weighted by atomic mass is 10.2. The number of unbranched alkanes of at least 4 members (excludes halogenated alkanes) is 1. The van der Waals surface area contributed by atoms with Gasteiger partial charge in [0.15, 0.2) is 6.61 Å². The quantitative estimate of drug-likeness (QED) is 0.752. The Balaban J connectivity index is 1.52. The molecular formula is C20H27N3O3. The van der Waals surface area contributed by atoms with E-state index in [9.17, 15) is 4.79 Å². The number of carbonyl (C=O) groups is 1. The molecule has 0 N–H and O–H groups in total. The van der Waals surface area contributed by atoms with Crippen LogP contribution in [-0.4, -0.2) is 40.6 Å². The van der Waals surface area contributed by atoms with Gasteiger partial charge >= 0.3 is 0 Å². The minimum Gasteiger partial charge on any atom is -0.484 e. The molecule has 0 spiro atoms. The third-order valence-electron chi connectivity index (χ3n) is 4.65. The van der Waals surface area contributed by atoms with E-state index in [0.717, 1.165) is 50.8 Å². The van der Waals surface area contributed by atoms with Gasteiger partial charge in [0.25, 0.3) is 5.91 Å². The number of rotatable bonds is 7. The number of hydrogen-bond acceptors (Lipinski definition) is 5. The van der Waals surface area contributed by atoms with Gasteiger partial charge in [-0.15, -0.1) is 0 Å². The fourth-order valence-electron chi connectivity index (χ4n) is 3.06. The number of benzene rings is 1. The maximum atomic E-state index is 12.3. The number of ether oxygens (including phenoxy) is 1. The van der Waals surface area contributed by atoms with Crippen LogP contribution in [0.25, 0.3) is 11.4 Å². The lowest BCUT2D eigenvalue weighted by molar-refractivity contribution is -0.133. The molecule has 1 amide bonds. The Kier molecular flexibility index (Phi) is 6.63. The number of aromatic nitrogens is 2. The fraction of sp³-hybridized carbons (Fsp3) is 0.550. The molecular weight excluding hydrogens is 330 g/mol. The third kappa shape index (κ3) is 5.07. The van der Waals surface area contributed by atoms with Crippen molar-refractivity contribution in [2.75, 3.05) is 19.7 Å². The Hall–Kier alpha value is -2.37. The molecule has 1 fully saturated rings. The van der Waals surface area contributed by atoms with Crippen LogP contribution in [0, 0.1) is 0 Å². The number of carbonyl (C=O) groups excluding carboxylic acids is 1. The molecule has 26 heavy (non-hydrogen) atoms. The van der Waals surface area contributed by atoms with Crippen molar-refractivity contribution in [3.63, 3.8) is 0 Å². The second kappa shape index (κ2) is 9.36. The SMILES string of the molecule is CCCCc1nc(-c2ccc(OCC(=O)N3CCCCCC3)cc2)no1. The van der Waals surface area contributed by atoms with E-state index in [1.54, 1.807) is 0 Å². The zero-order valence-corrected chi connectivity index (χ0v) is 15.4. The Morgan fingerprint density at radius 3 is 2.58 bits per heavy atom. The van der Waals surface area contributed by atoms with Gasteiger partial charge in [-0.1, -0.05) is 31.3 Å². The minimum atomic E-state index is 0.0645. The minimum absolute atomic E-state index is 0.0645. The first-order chi connectivity index (χ1) is 12.8. The van der Waals surface area contributed by atoms with E-state index in [2.05, 4.69) is 17.1 Å². The van der Waals surface area contributed by atoms with Crippen molar-refractivity contribution in [2.45, 2.75) is 51.9 Å². The second-order valence-corrected chi connectivity index (χ2v) is 6.72. The summed E-state index contributed by atoms with van der Waals surface area (Å²) in [6.45, 7) is 3.91. The van der Waals surface area contributed by atoms with Gasteiger partial charge in [0.1, 0.15) is 5.75 Å². The van der Waals surface area contributed by atoms with Crippen LogP contribution in [0.4, 0.5) is 0 Å². The molecule has 0 radical (unpaired) electrons. The van der Waals surface area contributed by atoms with Gasteiger partial charge in [0.2, 0.25) is 11.7 Å². The standard InChI is InChI=1S/C20H27N3O3/c1-2-3-8-18-21-20(22-26-18)16-9-11-17(12-10-16)25-15-19(24)23-13-6-4-5-7-14-23/h9-12H,2-8,13-15H2,1H3. The number of likely N-dealkylation sites (tertiary alicyclic amines) is 1. The average molecular weight is 357 g/mol. The van der Waals surface area contributed by atoms with Crippen molar-refractivity contribution < 1.29 is 14.1 Å². The van der Waals surface area contributed by atoms with Gasteiger partial charge in [-0.25, -0.2) is 0 Å². The van der Waals surface area contributed by atoms with Crippen molar-refractivity contribution in [2.24, 2.45) is 0 Å². The van der Waals surface area contributed by atoms with E-state index in [-0.39, 0.29) is 12.5 Å². The summed E-state index contributed by atoms with van der Waals surface area (Å²) >= 11 is 0. The van der Waals surface area contributed by atoms with Gasteiger partial charge in [-0.3, -0.25) is 4.79 Å². The van der Waals surface area contributed by atoms with Gasteiger partial charge in [-0.05, 0) is 43.5 Å². The number of amides is 1. The summed E-state index contributed by atoms with van der Waals surface area (Å²) in [5.41, 5.74) is 0.877. The topological polar surface area (TPSA) is 68.5 Å². The molecule has 1 aromatic heterocycles. The molecule has 6 nitrogen and oxygen atoms in total. The van der Waals surface area contributed by atoms with Crippen LogP contribution < -0.4 is 4.74 Å². The van der Waals surface area contributed by atoms with E-state index in [1.807, 2.05) is 29.2 Å². The van der Waals surface area contributed by atoms with Gasteiger partial charge in [-0.2, -0.15) is 4.98 Å². The van der Waals surface area contributed by atoms with Gasteiger partial charge in [0.05, 0.1) is 0 Å². The highest BCUT2D eigenvalue weighted by Crippen LogP contribution is 2.20. The van der Waals surface area contributed by atoms with Crippen molar-refractivity contribution in [3.8, 4) is 17.1 Å². The summed E-state index contributed by atoms with van der Waals surface area (Å²) in [5, 5.41) is 4.03. The van der Waals surface area contributed by atoms with Crippen LogP contribution in [0.15, 0.2) is 28.8 Å². The fourth-order valence-corrected chi connectivity index (χ4v) is 3.06. The zero-order chi connectivity index (χ0) is 18.2. The van der Waals surface area contributed by atoms with Crippen LogP contribution >= 0.6 is 0 Å². The highest BCUT2D eigenvalue weighted by molar-refractivity contribution is 5.77. The normalized spacial score (nSPS) is 14.9. The highest BCUT2D eigenvalue weighted by Gasteiger charge is 2.16.